The molecule has 11 nitrogen and oxygen atoms in total. The molecule has 0 spiro atoms. The molecule has 0 unspecified atom stereocenters. The van der Waals surface area contributed by atoms with Gasteiger partial charge in [-0.15, -0.1) is 0 Å². The lowest BCUT2D eigenvalue weighted by molar-refractivity contribution is -0.115. The lowest BCUT2D eigenvalue weighted by Crippen LogP contribution is -2.29. The molecule has 0 aliphatic rings. The molecular formula is C23H29N7O4. The SMILES string of the molecule is CCOc1cc(NC(C)=O)ccc1/C=N/NC(=N)N/N=C/c1ccc(NC(C)=O)cc1OCC. The summed E-state index contributed by atoms with van der Waals surface area (Å²) in [6.45, 7) is 7.45. The van der Waals surface area contributed by atoms with E-state index in [-0.39, 0.29) is 17.8 Å². The quantitative estimate of drug-likeness (QED) is 0.206. The fraction of sp³-hybridized carbons (Fsp3) is 0.261. The molecule has 180 valence electrons. The lowest BCUT2D eigenvalue weighted by atomic mass is 10.2. The van der Waals surface area contributed by atoms with Crippen LogP contribution in [-0.2, 0) is 9.59 Å². The highest BCUT2D eigenvalue weighted by molar-refractivity contribution is 5.92. The highest BCUT2D eigenvalue weighted by Crippen LogP contribution is 2.23. The number of nitrogens with one attached hydrogen (secondary N) is 5. The Labute approximate surface area is 198 Å². The number of rotatable bonds is 10. The van der Waals surface area contributed by atoms with E-state index in [1.807, 2.05) is 13.8 Å². The van der Waals surface area contributed by atoms with Gasteiger partial charge in [0.05, 0.1) is 25.6 Å². The van der Waals surface area contributed by atoms with Crippen molar-refractivity contribution < 1.29 is 19.1 Å². The Bertz CT molecular complexity index is 999. The van der Waals surface area contributed by atoms with Crippen LogP contribution in [0.3, 0.4) is 0 Å². The predicted molar refractivity (Wildman–Crippen MR) is 133 cm³/mol. The van der Waals surface area contributed by atoms with E-state index in [2.05, 4.69) is 31.7 Å². The van der Waals surface area contributed by atoms with Crippen LogP contribution in [0.15, 0.2) is 46.6 Å². The van der Waals surface area contributed by atoms with Gasteiger partial charge in [-0.3, -0.25) is 15.0 Å². The van der Waals surface area contributed by atoms with Crippen LogP contribution in [0.2, 0.25) is 0 Å². The monoisotopic (exact) mass is 467 g/mol. The van der Waals surface area contributed by atoms with E-state index in [4.69, 9.17) is 14.9 Å². The number of hydrogen-bond donors (Lipinski definition) is 5. The van der Waals surface area contributed by atoms with Gasteiger partial charge in [-0.05, 0) is 38.1 Å². The summed E-state index contributed by atoms with van der Waals surface area (Å²) >= 11 is 0. The summed E-state index contributed by atoms with van der Waals surface area (Å²) in [5, 5.41) is 21.3. The van der Waals surface area contributed by atoms with Crippen LogP contribution in [0.25, 0.3) is 0 Å². The number of hydrazone groups is 2. The molecular weight excluding hydrogens is 438 g/mol. The summed E-state index contributed by atoms with van der Waals surface area (Å²) in [6.07, 6.45) is 2.99. The van der Waals surface area contributed by atoms with Gasteiger partial charge < -0.3 is 20.1 Å². The zero-order chi connectivity index (χ0) is 24.9. The number of carbonyl (C=O) groups is 2. The molecule has 0 fully saturated rings. The van der Waals surface area contributed by atoms with Crippen molar-refractivity contribution >= 4 is 41.6 Å². The number of amides is 2. The Morgan fingerprint density at radius 2 is 1.24 bits per heavy atom. The lowest BCUT2D eigenvalue weighted by Gasteiger charge is -2.10. The molecule has 0 saturated carbocycles. The van der Waals surface area contributed by atoms with Crippen molar-refractivity contribution in [2.75, 3.05) is 23.8 Å². The second-order valence-corrected chi connectivity index (χ2v) is 6.85. The molecule has 0 bridgehead atoms. The van der Waals surface area contributed by atoms with Gasteiger partial charge in [0.25, 0.3) is 0 Å². The third kappa shape index (κ3) is 8.61. The van der Waals surface area contributed by atoms with E-state index >= 15 is 0 Å². The molecule has 0 aromatic heterocycles. The number of carbonyl (C=O) groups excluding carboxylic acids is 2. The van der Waals surface area contributed by atoms with Crippen molar-refractivity contribution in [3.8, 4) is 11.5 Å². The number of guanidine groups is 1. The van der Waals surface area contributed by atoms with Gasteiger partial charge in [-0.25, -0.2) is 10.9 Å². The number of hydrogen-bond acceptors (Lipinski definition) is 7. The van der Waals surface area contributed by atoms with Crippen LogP contribution in [0.5, 0.6) is 11.5 Å². The minimum absolute atomic E-state index is 0.159. The number of nitrogens with zero attached hydrogens (tertiary/aromatic N) is 2. The molecule has 2 aromatic carbocycles. The molecule has 0 aliphatic heterocycles. The van der Waals surface area contributed by atoms with Gasteiger partial charge >= 0.3 is 0 Å². The van der Waals surface area contributed by atoms with E-state index < -0.39 is 0 Å². The van der Waals surface area contributed by atoms with Crippen LogP contribution in [0, 0.1) is 5.41 Å². The van der Waals surface area contributed by atoms with Crippen molar-refractivity contribution in [3.05, 3.63) is 47.5 Å². The van der Waals surface area contributed by atoms with E-state index in [0.29, 0.717) is 47.2 Å². The van der Waals surface area contributed by atoms with Crippen molar-refractivity contribution in [2.45, 2.75) is 27.7 Å². The molecule has 0 aliphatic carbocycles. The standard InChI is InChI=1S/C23H29N7O4/c1-5-33-21-11-19(27-15(3)31)9-7-17(21)13-25-29-23(24)30-26-14-18-8-10-20(28-16(4)32)12-22(18)34-6-2/h7-14H,5-6H2,1-4H3,(H,27,31)(H,28,32)(H3,24,29,30)/b25-13+,26-14+. The average Bonchev–Trinajstić information content (AvgIpc) is 2.76. The zero-order valence-corrected chi connectivity index (χ0v) is 19.6. The fourth-order valence-corrected chi connectivity index (χ4v) is 2.76. The van der Waals surface area contributed by atoms with Crippen LogP contribution < -0.4 is 31.0 Å². The number of ether oxygens (including phenoxy) is 2. The van der Waals surface area contributed by atoms with Crippen molar-refractivity contribution in [2.24, 2.45) is 10.2 Å². The summed E-state index contributed by atoms with van der Waals surface area (Å²) in [4.78, 5) is 22.5. The minimum atomic E-state index is -0.178. The second kappa shape index (κ2) is 13.2. The van der Waals surface area contributed by atoms with Crippen molar-refractivity contribution in [1.82, 2.24) is 10.9 Å². The van der Waals surface area contributed by atoms with E-state index in [9.17, 15) is 9.59 Å². The topological polar surface area (TPSA) is 149 Å². The molecule has 2 amide bonds. The third-order valence-electron chi connectivity index (χ3n) is 4.03. The smallest absolute Gasteiger partial charge is 0.230 e. The first kappa shape index (κ1) is 25.8. The molecule has 0 saturated heterocycles. The molecule has 0 atom stereocenters. The summed E-state index contributed by atoms with van der Waals surface area (Å²) < 4.78 is 11.2. The van der Waals surface area contributed by atoms with E-state index in [1.165, 1.54) is 26.3 Å². The Balaban J connectivity index is 1.99. The first-order chi connectivity index (χ1) is 16.3. The molecule has 0 radical (unpaired) electrons. The van der Waals surface area contributed by atoms with Gasteiger partial charge in [-0.1, -0.05) is 0 Å². The highest BCUT2D eigenvalue weighted by atomic mass is 16.5. The van der Waals surface area contributed by atoms with Crippen molar-refractivity contribution in [3.63, 3.8) is 0 Å². The Morgan fingerprint density at radius 1 is 0.824 bits per heavy atom. The maximum Gasteiger partial charge on any atom is 0.230 e. The maximum absolute atomic E-state index is 11.2. The Morgan fingerprint density at radius 3 is 1.59 bits per heavy atom. The maximum atomic E-state index is 11.2. The number of benzene rings is 2. The summed E-state index contributed by atoms with van der Waals surface area (Å²) in [7, 11) is 0. The first-order valence-corrected chi connectivity index (χ1v) is 10.6. The Hall–Kier alpha value is -4.41. The average molecular weight is 468 g/mol. The first-order valence-electron chi connectivity index (χ1n) is 10.6. The molecule has 2 rings (SSSR count). The van der Waals surface area contributed by atoms with E-state index in [0.717, 1.165) is 0 Å². The molecule has 2 aromatic rings. The Kier molecular flexibility index (Phi) is 10.0. The molecule has 0 heterocycles. The van der Waals surface area contributed by atoms with Crippen LogP contribution in [0.1, 0.15) is 38.8 Å². The van der Waals surface area contributed by atoms with Crippen LogP contribution in [-0.4, -0.2) is 43.4 Å². The summed E-state index contributed by atoms with van der Waals surface area (Å²) in [5.41, 5.74) is 7.61. The summed E-state index contributed by atoms with van der Waals surface area (Å²) in [6, 6.07) is 10.4. The van der Waals surface area contributed by atoms with Gasteiger partial charge in [0.2, 0.25) is 17.8 Å². The normalized spacial score (nSPS) is 10.7. The second-order valence-electron chi connectivity index (χ2n) is 6.85. The third-order valence-corrected chi connectivity index (χ3v) is 4.03. The fourth-order valence-electron chi connectivity index (χ4n) is 2.76. The van der Waals surface area contributed by atoms with Gasteiger partial charge in [0.15, 0.2) is 0 Å². The van der Waals surface area contributed by atoms with Gasteiger partial charge in [0, 0.05) is 48.5 Å². The zero-order valence-electron chi connectivity index (χ0n) is 19.6. The minimum Gasteiger partial charge on any atom is -0.493 e. The number of anilines is 2. The molecule has 5 N–H and O–H groups in total. The van der Waals surface area contributed by atoms with Crippen LogP contribution in [0.4, 0.5) is 11.4 Å². The predicted octanol–water partition coefficient (Wildman–Crippen LogP) is 2.88. The van der Waals surface area contributed by atoms with Crippen LogP contribution >= 0.6 is 0 Å². The molecule has 11 heteroatoms. The van der Waals surface area contributed by atoms with E-state index in [1.54, 1.807) is 36.4 Å². The van der Waals surface area contributed by atoms with Crippen molar-refractivity contribution in [1.29, 1.82) is 5.41 Å². The van der Waals surface area contributed by atoms with Gasteiger partial charge in [0.1, 0.15) is 11.5 Å². The van der Waals surface area contributed by atoms with Gasteiger partial charge in [-0.2, -0.15) is 10.2 Å². The summed E-state index contributed by atoms with van der Waals surface area (Å²) in [5.74, 6) is 0.574. The molecule has 34 heavy (non-hydrogen) atoms. The highest BCUT2D eigenvalue weighted by Gasteiger charge is 2.06. The largest absolute Gasteiger partial charge is 0.493 e.